The van der Waals surface area contributed by atoms with Gasteiger partial charge in [0.2, 0.25) is 5.95 Å². The maximum Gasteiger partial charge on any atom is 0.226 e. The van der Waals surface area contributed by atoms with Gasteiger partial charge in [-0.2, -0.15) is 9.97 Å². The van der Waals surface area contributed by atoms with E-state index < -0.39 is 9.84 Å². The van der Waals surface area contributed by atoms with Gasteiger partial charge in [-0.1, -0.05) is 19.3 Å². The van der Waals surface area contributed by atoms with Crippen LogP contribution in [0.2, 0.25) is 0 Å². The molecule has 0 aromatic carbocycles. The molecule has 1 aromatic rings. The number of nitrogens with zero attached hydrogens (tertiary/aromatic N) is 4. The van der Waals surface area contributed by atoms with Gasteiger partial charge in [0, 0.05) is 57.1 Å². The zero-order valence-corrected chi connectivity index (χ0v) is 24.2. The van der Waals surface area contributed by atoms with Crippen molar-refractivity contribution < 1.29 is 8.42 Å². The molecule has 0 radical (unpaired) electrons. The monoisotopic (exact) mass is 550 g/mol. The molecule has 1 aliphatic heterocycles. The van der Waals surface area contributed by atoms with E-state index in [0.29, 0.717) is 24.4 Å². The average molecular weight is 551 g/mol. The van der Waals surface area contributed by atoms with Crippen LogP contribution in [-0.4, -0.2) is 99.7 Å². The van der Waals surface area contributed by atoms with Crippen molar-refractivity contribution in [3.8, 4) is 0 Å². The van der Waals surface area contributed by atoms with Crippen molar-refractivity contribution in [3.05, 3.63) is 6.07 Å². The Labute approximate surface area is 229 Å². The van der Waals surface area contributed by atoms with Crippen LogP contribution in [0.3, 0.4) is 0 Å². The first-order valence-electron chi connectivity index (χ1n) is 14.8. The minimum Gasteiger partial charge on any atom is -0.383 e. The lowest BCUT2D eigenvalue weighted by molar-refractivity contribution is 0.271. The minimum atomic E-state index is -2.94. The first-order chi connectivity index (χ1) is 18.3. The van der Waals surface area contributed by atoms with Gasteiger partial charge in [0.05, 0.1) is 5.75 Å². The molecule has 4 rings (SSSR count). The third-order valence-corrected chi connectivity index (χ3v) is 9.31. The van der Waals surface area contributed by atoms with Crippen LogP contribution in [0.5, 0.6) is 0 Å². The standard InChI is InChI=1S/C27H50N8O2S/c1-38(36,37)19-18-34-14-16-35(17-15-34)26-20-25(28)32-27(33-26)31-24-10-8-22(9-11-24)21-29-12-5-13-30-23-6-3-2-4-7-23/h20,22-24,29-30H,2-19,21H2,1H3,(H3,28,31,32,33). The maximum absolute atomic E-state index is 11.5. The van der Waals surface area contributed by atoms with Crippen LogP contribution < -0.4 is 26.6 Å². The summed E-state index contributed by atoms with van der Waals surface area (Å²) in [6.45, 7) is 7.17. The van der Waals surface area contributed by atoms with E-state index in [0.717, 1.165) is 76.4 Å². The number of nitrogens with one attached hydrogen (secondary N) is 3. The van der Waals surface area contributed by atoms with Crippen LogP contribution in [0, 0.1) is 5.92 Å². The molecule has 38 heavy (non-hydrogen) atoms. The summed E-state index contributed by atoms with van der Waals surface area (Å²) in [5, 5.41) is 11.0. The Morgan fingerprint density at radius 2 is 1.68 bits per heavy atom. The fourth-order valence-electron chi connectivity index (χ4n) is 6.00. The van der Waals surface area contributed by atoms with Gasteiger partial charge in [-0.05, 0) is 70.5 Å². The molecule has 0 amide bonds. The third-order valence-electron chi connectivity index (χ3n) is 8.39. The Morgan fingerprint density at radius 3 is 2.39 bits per heavy atom. The summed E-state index contributed by atoms with van der Waals surface area (Å²) < 4.78 is 22.9. The molecule has 1 saturated heterocycles. The van der Waals surface area contributed by atoms with Crippen molar-refractivity contribution in [2.45, 2.75) is 76.3 Å². The van der Waals surface area contributed by atoms with Crippen LogP contribution in [0.1, 0.15) is 64.2 Å². The predicted octanol–water partition coefficient (Wildman–Crippen LogP) is 2.10. The van der Waals surface area contributed by atoms with Gasteiger partial charge in [-0.15, -0.1) is 0 Å². The van der Waals surface area contributed by atoms with Gasteiger partial charge < -0.3 is 26.6 Å². The van der Waals surface area contributed by atoms with Crippen LogP contribution in [0.4, 0.5) is 17.6 Å². The highest BCUT2D eigenvalue weighted by atomic mass is 32.2. The molecule has 11 heteroatoms. The molecule has 2 saturated carbocycles. The molecule has 0 unspecified atom stereocenters. The molecule has 2 aliphatic carbocycles. The van der Waals surface area contributed by atoms with Crippen LogP contribution in [0.15, 0.2) is 6.07 Å². The van der Waals surface area contributed by atoms with E-state index in [2.05, 4.69) is 30.7 Å². The second-order valence-corrected chi connectivity index (χ2v) is 13.9. The number of rotatable bonds is 13. The first kappa shape index (κ1) is 29.3. The Balaban J connectivity index is 1.12. The largest absolute Gasteiger partial charge is 0.383 e. The lowest BCUT2D eigenvalue weighted by Gasteiger charge is -2.35. The van der Waals surface area contributed by atoms with E-state index >= 15 is 0 Å². The highest BCUT2D eigenvalue weighted by molar-refractivity contribution is 7.90. The minimum absolute atomic E-state index is 0.206. The molecule has 1 aromatic heterocycles. The topological polar surface area (TPSA) is 129 Å². The third kappa shape index (κ3) is 10.1. The van der Waals surface area contributed by atoms with E-state index in [-0.39, 0.29) is 5.75 Å². The molecule has 3 aliphatic rings. The van der Waals surface area contributed by atoms with Crippen LogP contribution in [-0.2, 0) is 9.84 Å². The summed E-state index contributed by atoms with van der Waals surface area (Å²) in [4.78, 5) is 13.7. The molecule has 0 bridgehead atoms. The summed E-state index contributed by atoms with van der Waals surface area (Å²) in [6.07, 6.45) is 14.1. The quantitative estimate of drug-likeness (QED) is 0.271. The number of hydrogen-bond donors (Lipinski definition) is 4. The van der Waals surface area contributed by atoms with Gasteiger partial charge in [0.25, 0.3) is 0 Å². The Kier molecular flexibility index (Phi) is 11.3. The van der Waals surface area contributed by atoms with Crippen molar-refractivity contribution in [1.82, 2.24) is 25.5 Å². The molecule has 10 nitrogen and oxygen atoms in total. The van der Waals surface area contributed by atoms with Crippen LogP contribution in [0.25, 0.3) is 0 Å². The Morgan fingerprint density at radius 1 is 0.947 bits per heavy atom. The van der Waals surface area contributed by atoms with E-state index in [1.165, 1.54) is 57.6 Å². The molecule has 2 heterocycles. The summed E-state index contributed by atoms with van der Waals surface area (Å²) in [5.41, 5.74) is 6.14. The van der Waals surface area contributed by atoms with Crippen molar-refractivity contribution in [2.75, 3.05) is 80.3 Å². The van der Waals surface area contributed by atoms with E-state index in [4.69, 9.17) is 10.7 Å². The number of hydrogen-bond acceptors (Lipinski definition) is 10. The SMILES string of the molecule is CS(=O)(=O)CCN1CCN(c2cc(N)nc(NC3CCC(CNCCCNC4CCCCC4)CC3)n2)CC1. The normalized spacial score (nSPS) is 24.0. The van der Waals surface area contributed by atoms with Gasteiger partial charge in [-0.25, -0.2) is 8.42 Å². The highest BCUT2D eigenvalue weighted by Crippen LogP contribution is 2.27. The number of aromatic nitrogens is 2. The second-order valence-electron chi connectivity index (χ2n) is 11.6. The second kappa shape index (κ2) is 14.6. The fourth-order valence-corrected chi connectivity index (χ4v) is 6.59. The molecular weight excluding hydrogens is 500 g/mol. The summed E-state index contributed by atoms with van der Waals surface area (Å²) in [6, 6.07) is 2.98. The number of nitrogens with two attached hydrogens (primary N) is 1. The van der Waals surface area contributed by atoms with Crippen molar-refractivity contribution in [1.29, 1.82) is 0 Å². The zero-order valence-electron chi connectivity index (χ0n) is 23.3. The molecule has 3 fully saturated rings. The van der Waals surface area contributed by atoms with Crippen molar-refractivity contribution in [3.63, 3.8) is 0 Å². The number of anilines is 3. The molecule has 216 valence electrons. The lowest BCUT2D eigenvalue weighted by Crippen LogP contribution is -2.48. The number of sulfone groups is 1. The fraction of sp³-hybridized carbons (Fsp3) is 0.852. The van der Waals surface area contributed by atoms with E-state index in [1.807, 2.05) is 6.07 Å². The molecule has 5 N–H and O–H groups in total. The Hall–Kier alpha value is -1.69. The lowest BCUT2D eigenvalue weighted by atomic mass is 9.86. The van der Waals surface area contributed by atoms with Gasteiger partial charge >= 0.3 is 0 Å². The zero-order chi connectivity index (χ0) is 26.8. The first-order valence-corrected chi connectivity index (χ1v) is 16.9. The van der Waals surface area contributed by atoms with Crippen molar-refractivity contribution >= 4 is 27.4 Å². The maximum atomic E-state index is 11.5. The van der Waals surface area contributed by atoms with E-state index in [1.54, 1.807) is 0 Å². The van der Waals surface area contributed by atoms with Crippen molar-refractivity contribution in [2.24, 2.45) is 5.92 Å². The van der Waals surface area contributed by atoms with Crippen LogP contribution >= 0.6 is 0 Å². The number of piperazine rings is 1. The predicted molar refractivity (Wildman–Crippen MR) is 157 cm³/mol. The summed E-state index contributed by atoms with van der Waals surface area (Å²) in [5.74, 6) is 2.89. The molecule has 0 atom stereocenters. The number of nitrogen functional groups attached to an aromatic ring is 1. The Bertz CT molecular complexity index is 940. The average Bonchev–Trinajstić information content (AvgIpc) is 2.90. The molecule has 0 spiro atoms. The smallest absolute Gasteiger partial charge is 0.226 e. The van der Waals surface area contributed by atoms with Gasteiger partial charge in [-0.3, -0.25) is 4.90 Å². The van der Waals surface area contributed by atoms with Gasteiger partial charge in [0.1, 0.15) is 21.5 Å². The summed E-state index contributed by atoms with van der Waals surface area (Å²) in [7, 11) is -2.94. The van der Waals surface area contributed by atoms with Gasteiger partial charge in [0.15, 0.2) is 0 Å². The summed E-state index contributed by atoms with van der Waals surface area (Å²) >= 11 is 0. The van der Waals surface area contributed by atoms with E-state index in [9.17, 15) is 8.42 Å². The highest BCUT2D eigenvalue weighted by Gasteiger charge is 2.23. The molecular formula is C27H50N8O2S.